The molecule has 14 heavy (non-hydrogen) atoms. The van der Waals surface area contributed by atoms with Gasteiger partial charge >= 0.3 is 0 Å². The Hall–Kier alpha value is -0.0800. The molecule has 2 N–H and O–H groups in total. The molecular formula is C12H26N2. The highest BCUT2D eigenvalue weighted by Crippen LogP contribution is 2.40. The maximum Gasteiger partial charge on any atom is 0.0333 e. The van der Waals surface area contributed by atoms with E-state index >= 15 is 0 Å². The summed E-state index contributed by atoms with van der Waals surface area (Å²) in [5.41, 5.74) is 6.29. The Balaban J connectivity index is 2.35. The van der Waals surface area contributed by atoms with Crippen LogP contribution in [-0.2, 0) is 0 Å². The summed E-state index contributed by atoms with van der Waals surface area (Å²) in [6.07, 6.45) is 7.90. The number of hydrogen-bond donors (Lipinski definition) is 1. The topological polar surface area (TPSA) is 29.3 Å². The van der Waals surface area contributed by atoms with Crippen molar-refractivity contribution in [3.05, 3.63) is 0 Å². The molecule has 0 heterocycles. The van der Waals surface area contributed by atoms with E-state index in [0.29, 0.717) is 5.54 Å². The Morgan fingerprint density at radius 1 is 1.07 bits per heavy atom. The Morgan fingerprint density at radius 2 is 1.57 bits per heavy atom. The molecule has 0 radical (unpaired) electrons. The molecule has 0 aromatic heterocycles. The maximum atomic E-state index is 5.87. The van der Waals surface area contributed by atoms with Gasteiger partial charge in [0.2, 0.25) is 0 Å². The first-order chi connectivity index (χ1) is 6.79. The smallest absolute Gasteiger partial charge is 0.0333 e. The van der Waals surface area contributed by atoms with E-state index in [9.17, 15) is 0 Å². The van der Waals surface area contributed by atoms with Gasteiger partial charge in [-0.1, -0.05) is 26.7 Å². The Labute approximate surface area is 88.8 Å². The van der Waals surface area contributed by atoms with E-state index in [4.69, 9.17) is 5.73 Å². The lowest BCUT2D eigenvalue weighted by molar-refractivity contribution is 0.176. The lowest BCUT2D eigenvalue weighted by atomic mass is 10.1. The lowest BCUT2D eigenvalue weighted by Crippen LogP contribution is -2.44. The van der Waals surface area contributed by atoms with E-state index in [1.807, 2.05) is 0 Å². The highest BCUT2D eigenvalue weighted by Gasteiger charge is 2.45. The fourth-order valence-electron chi connectivity index (χ4n) is 2.08. The van der Waals surface area contributed by atoms with E-state index < -0.39 is 0 Å². The van der Waals surface area contributed by atoms with Crippen molar-refractivity contribution < 1.29 is 0 Å². The molecule has 0 bridgehead atoms. The summed E-state index contributed by atoms with van der Waals surface area (Å²) >= 11 is 0. The van der Waals surface area contributed by atoms with Gasteiger partial charge in [0, 0.05) is 12.1 Å². The quantitative estimate of drug-likeness (QED) is 0.649. The van der Waals surface area contributed by atoms with Crippen molar-refractivity contribution in [1.82, 2.24) is 4.90 Å². The Kier molecular flexibility index (Phi) is 4.90. The van der Waals surface area contributed by atoms with Gasteiger partial charge in [0.1, 0.15) is 0 Å². The van der Waals surface area contributed by atoms with E-state index in [1.165, 1.54) is 51.6 Å². The average Bonchev–Trinajstić information content (AvgIpc) is 2.99. The first-order valence-electron chi connectivity index (χ1n) is 6.24. The van der Waals surface area contributed by atoms with Crippen LogP contribution in [0.5, 0.6) is 0 Å². The van der Waals surface area contributed by atoms with Gasteiger partial charge in [-0.2, -0.15) is 0 Å². The van der Waals surface area contributed by atoms with Crippen LogP contribution in [0.4, 0.5) is 0 Å². The Morgan fingerprint density at radius 3 is 1.86 bits per heavy atom. The molecule has 1 saturated carbocycles. The fourth-order valence-corrected chi connectivity index (χ4v) is 2.08. The summed E-state index contributed by atoms with van der Waals surface area (Å²) in [7, 11) is 0. The van der Waals surface area contributed by atoms with Crippen molar-refractivity contribution in [3.8, 4) is 0 Å². The van der Waals surface area contributed by atoms with Crippen LogP contribution < -0.4 is 5.73 Å². The molecule has 1 aliphatic carbocycles. The second kappa shape index (κ2) is 5.72. The van der Waals surface area contributed by atoms with Crippen molar-refractivity contribution in [1.29, 1.82) is 0 Å². The highest BCUT2D eigenvalue weighted by molar-refractivity contribution is 5.04. The molecule has 1 rings (SSSR count). The molecule has 0 unspecified atom stereocenters. The predicted octanol–water partition coefficient (Wildman–Crippen LogP) is 2.38. The molecule has 2 heteroatoms. The molecule has 0 amide bonds. The first kappa shape index (κ1) is 12.0. The van der Waals surface area contributed by atoms with Gasteiger partial charge in [0.05, 0.1) is 0 Å². The second-order valence-corrected chi connectivity index (χ2v) is 4.62. The molecular weight excluding hydrogens is 172 g/mol. The third-order valence-electron chi connectivity index (χ3n) is 3.44. The molecule has 1 aliphatic rings. The lowest BCUT2D eigenvalue weighted by Gasteiger charge is -2.31. The van der Waals surface area contributed by atoms with E-state index in [2.05, 4.69) is 18.7 Å². The molecule has 0 aromatic rings. The van der Waals surface area contributed by atoms with Gasteiger partial charge in [0.25, 0.3) is 0 Å². The molecule has 0 aliphatic heterocycles. The summed E-state index contributed by atoms with van der Waals surface area (Å²) in [4.78, 5) is 2.65. The van der Waals surface area contributed by atoms with Crippen molar-refractivity contribution in [2.24, 2.45) is 5.73 Å². The number of nitrogens with two attached hydrogens (primary N) is 1. The van der Waals surface area contributed by atoms with Crippen LogP contribution in [0.1, 0.15) is 52.4 Å². The van der Waals surface area contributed by atoms with Crippen LogP contribution in [0.3, 0.4) is 0 Å². The maximum absolute atomic E-state index is 5.87. The molecule has 84 valence electrons. The first-order valence-corrected chi connectivity index (χ1v) is 6.24. The largest absolute Gasteiger partial charge is 0.329 e. The number of unbranched alkanes of at least 4 members (excludes halogenated alkanes) is 2. The number of hydrogen-bond acceptors (Lipinski definition) is 2. The number of nitrogens with zero attached hydrogens (tertiary/aromatic N) is 1. The van der Waals surface area contributed by atoms with Crippen molar-refractivity contribution >= 4 is 0 Å². The van der Waals surface area contributed by atoms with Gasteiger partial charge in [0.15, 0.2) is 0 Å². The van der Waals surface area contributed by atoms with Gasteiger partial charge in [-0.3, -0.25) is 4.90 Å². The number of rotatable bonds is 8. The third kappa shape index (κ3) is 2.96. The molecule has 0 saturated heterocycles. The van der Waals surface area contributed by atoms with E-state index in [-0.39, 0.29) is 0 Å². The summed E-state index contributed by atoms with van der Waals surface area (Å²) < 4.78 is 0. The SMILES string of the molecule is CCCCN(CCCC)C1(CN)CC1. The van der Waals surface area contributed by atoms with Crippen LogP contribution >= 0.6 is 0 Å². The minimum atomic E-state index is 0.421. The summed E-state index contributed by atoms with van der Waals surface area (Å²) in [5, 5.41) is 0. The van der Waals surface area contributed by atoms with Crippen LogP contribution in [0.15, 0.2) is 0 Å². The molecule has 1 fully saturated rings. The van der Waals surface area contributed by atoms with Crippen LogP contribution in [0, 0.1) is 0 Å². The molecule has 0 aromatic carbocycles. The van der Waals surface area contributed by atoms with Crippen molar-refractivity contribution in [3.63, 3.8) is 0 Å². The predicted molar refractivity (Wildman–Crippen MR) is 62.4 cm³/mol. The van der Waals surface area contributed by atoms with Crippen molar-refractivity contribution in [2.45, 2.75) is 57.9 Å². The van der Waals surface area contributed by atoms with Gasteiger partial charge < -0.3 is 5.73 Å². The average molecular weight is 198 g/mol. The monoisotopic (exact) mass is 198 g/mol. The zero-order valence-corrected chi connectivity index (χ0v) is 9.89. The standard InChI is InChI=1S/C12H26N2/c1-3-5-9-14(10-6-4-2)12(11-13)7-8-12/h3-11,13H2,1-2H3. The van der Waals surface area contributed by atoms with Crippen LogP contribution in [0.2, 0.25) is 0 Å². The second-order valence-electron chi connectivity index (χ2n) is 4.62. The van der Waals surface area contributed by atoms with Gasteiger partial charge in [-0.15, -0.1) is 0 Å². The van der Waals surface area contributed by atoms with Crippen molar-refractivity contribution in [2.75, 3.05) is 19.6 Å². The third-order valence-corrected chi connectivity index (χ3v) is 3.44. The van der Waals surface area contributed by atoms with Crippen LogP contribution in [-0.4, -0.2) is 30.1 Å². The van der Waals surface area contributed by atoms with E-state index in [1.54, 1.807) is 0 Å². The Bertz CT molecular complexity index is 144. The normalized spacial score (nSPS) is 18.9. The minimum Gasteiger partial charge on any atom is -0.329 e. The van der Waals surface area contributed by atoms with Crippen LogP contribution in [0.25, 0.3) is 0 Å². The minimum absolute atomic E-state index is 0.421. The fraction of sp³-hybridized carbons (Fsp3) is 1.00. The zero-order valence-electron chi connectivity index (χ0n) is 9.89. The summed E-state index contributed by atoms with van der Waals surface area (Å²) in [6, 6.07) is 0. The molecule has 0 atom stereocenters. The molecule has 2 nitrogen and oxygen atoms in total. The highest BCUT2D eigenvalue weighted by atomic mass is 15.2. The molecule has 0 spiro atoms. The zero-order chi connectivity index (χ0) is 10.4. The van der Waals surface area contributed by atoms with E-state index in [0.717, 1.165) is 6.54 Å². The van der Waals surface area contributed by atoms with Gasteiger partial charge in [-0.05, 0) is 38.8 Å². The van der Waals surface area contributed by atoms with Gasteiger partial charge in [-0.25, -0.2) is 0 Å². The summed E-state index contributed by atoms with van der Waals surface area (Å²) in [5.74, 6) is 0. The summed E-state index contributed by atoms with van der Waals surface area (Å²) in [6.45, 7) is 7.90.